The Morgan fingerprint density at radius 1 is 1.07 bits per heavy atom. The monoisotopic (exact) mass is 538 g/mol. The molecule has 11 heteroatoms. The van der Waals surface area contributed by atoms with Crippen LogP contribution in [0, 0.1) is 0 Å². The number of hydrogen-bond acceptors (Lipinski definition) is 8. The fourth-order valence-electron chi connectivity index (χ4n) is 4.74. The number of nitrogens with zero attached hydrogens (tertiary/aromatic N) is 6. The second-order valence-electron chi connectivity index (χ2n) is 10.3. The van der Waals surface area contributed by atoms with E-state index in [-0.39, 0.29) is 18.6 Å². The summed E-state index contributed by atoms with van der Waals surface area (Å²) in [5.41, 5.74) is 4.13. The van der Waals surface area contributed by atoms with E-state index >= 15 is 0 Å². The maximum absolute atomic E-state index is 12.6. The fraction of sp³-hybridized carbons (Fsp3) is 0.379. The predicted octanol–water partition coefficient (Wildman–Crippen LogP) is 3.02. The number of rotatable bonds is 10. The number of anilines is 2. The molecule has 0 bridgehead atoms. The Balaban J connectivity index is 1.20. The highest BCUT2D eigenvalue weighted by Gasteiger charge is 2.26. The van der Waals surface area contributed by atoms with Gasteiger partial charge in [0.05, 0.1) is 0 Å². The van der Waals surface area contributed by atoms with Crippen LogP contribution in [-0.2, 0) is 17.9 Å². The summed E-state index contributed by atoms with van der Waals surface area (Å²) in [6.07, 6.45) is 4.81. The second kappa shape index (κ2) is 12.8. The molecule has 0 spiro atoms. The number of amides is 1. The lowest BCUT2D eigenvalue weighted by atomic mass is 9.93. The lowest BCUT2D eigenvalue weighted by Crippen LogP contribution is -2.38. The van der Waals surface area contributed by atoms with Gasteiger partial charge in [0.15, 0.2) is 0 Å². The Bertz CT molecular complexity index is 1400. The number of likely N-dealkylation sites (tertiary alicyclic amines) is 1. The van der Waals surface area contributed by atoms with Crippen molar-refractivity contribution in [3.05, 3.63) is 77.7 Å². The molecule has 4 heterocycles. The number of piperidine rings is 1. The van der Waals surface area contributed by atoms with Crippen molar-refractivity contribution in [2.24, 2.45) is 0 Å². The number of carbonyl (C=O) groups excluding carboxylic acids is 1. The first-order valence-corrected chi connectivity index (χ1v) is 13.6. The minimum absolute atomic E-state index is 0.201. The number of hydrogen-bond donors (Lipinski definition) is 2. The third kappa shape index (κ3) is 6.90. The largest absolute Gasteiger partial charge is 0.445 e. The predicted molar refractivity (Wildman–Crippen MR) is 157 cm³/mol. The zero-order chi connectivity index (χ0) is 27.9. The van der Waals surface area contributed by atoms with Gasteiger partial charge in [0, 0.05) is 62.8 Å². The van der Waals surface area contributed by atoms with Crippen LogP contribution in [0.5, 0.6) is 0 Å². The van der Waals surface area contributed by atoms with E-state index in [1.807, 2.05) is 62.8 Å². The molecule has 2 radical (unpaired) electrons. The molecule has 1 aliphatic heterocycles. The summed E-state index contributed by atoms with van der Waals surface area (Å²) in [6, 6.07) is 15.8. The number of fused-ring (bicyclic) bond motifs is 1. The van der Waals surface area contributed by atoms with Crippen molar-refractivity contribution in [3.63, 3.8) is 0 Å². The van der Waals surface area contributed by atoms with Crippen molar-refractivity contribution in [1.82, 2.24) is 29.4 Å². The summed E-state index contributed by atoms with van der Waals surface area (Å²) in [6.45, 7) is 3.86. The number of benzene rings is 1. The Morgan fingerprint density at radius 3 is 2.60 bits per heavy atom. The van der Waals surface area contributed by atoms with Gasteiger partial charge in [-0.3, -0.25) is 0 Å². The summed E-state index contributed by atoms with van der Waals surface area (Å²) in [7, 11) is 10.3. The third-order valence-electron chi connectivity index (χ3n) is 7.06. The highest BCUT2D eigenvalue weighted by atomic mass is 16.6. The maximum Gasteiger partial charge on any atom is 0.410 e. The molecule has 0 aliphatic carbocycles. The first-order chi connectivity index (χ1) is 19.5. The summed E-state index contributed by atoms with van der Waals surface area (Å²) >= 11 is 0. The number of ether oxygens (including phenoxy) is 1. The molecular weight excluding hydrogens is 503 g/mol. The van der Waals surface area contributed by atoms with Crippen molar-refractivity contribution in [1.29, 1.82) is 0 Å². The molecule has 1 aliphatic rings. The van der Waals surface area contributed by atoms with Gasteiger partial charge in [0.2, 0.25) is 0 Å². The SMILES string of the molecule is [B]c1cnn2c(NCc3ccc(NCCN(C)C)nc3)cc(C3CCN(C(=O)OCc4ccccc4)CC3)nc12. The van der Waals surface area contributed by atoms with Gasteiger partial charge >= 0.3 is 6.09 Å². The first-order valence-electron chi connectivity index (χ1n) is 13.6. The number of pyridine rings is 1. The van der Waals surface area contributed by atoms with Crippen LogP contribution in [0.25, 0.3) is 5.65 Å². The Morgan fingerprint density at radius 2 is 1.88 bits per heavy atom. The summed E-state index contributed by atoms with van der Waals surface area (Å²) in [4.78, 5) is 25.9. The molecule has 40 heavy (non-hydrogen) atoms. The zero-order valence-corrected chi connectivity index (χ0v) is 23.1. The Labute approximate surface area is 236 Å². The zero-order valence-electron chi connectivity index (χ0n) is 23.1. The molecule has 206 valence electrons. The molecule has 1 aromatic carbocycles. The van der Waals surface area contributed by atoms with Crippen LogP contribution in [0.1, 0.15) is 35.6 Å². The van der Waals surface area contributed by atoms with Crippen molar-refractivity contribution < 1.29 is 9.53 Å². The van der Waals surface area contributed by atoms with E-state index in [1.54, 1.807) is 15.6 Å². The van der Waals surface area contributed by atoms with Crippen molar-refractivity contribution in [2.75, 3.05) is 50.9 Å². The van der Waals surface area contributed by atoms with Crippen LogP contribution in [-0.4, -0.2) is 83.6 Å². The van der Waals surface area contributed by atoms with E-state index < -0.39 is 0 Å². The Hall–Kier alpha value is -4.12. The van der Waals surface area contributed by atoms with E-state index in [0.717, 1.165) is 54.4 Å². The standard InChI is InChI=1S/C29H35BN8O2/c1-36(2)15-12-31-26-9-8-22(17-32-26)18-33-27-16-25(35-28-24(30)19-34-38(27)28)23-10-13-37(14-11-23)29(39)40-20-21-6-4-3-5-7-21/h3-9,16-17,19,23,33H,10-15,18,20H2,1-2H3,(H,31,32). The molecule has 10 nitrogen and oxygen atoms in total. The number of likely N-dealkylation sites (N-methyl/N-ethyl adjacent to an activating group) is 1. The summed E-state index contributed by atoms with van der Waals surface area (Å²) in [5.74, 6) is 1.87. The lowest BCUT2D eigenvalue weighted by Gasteiger charge is -2.31. The van der Waals surface area contributed by atoms with Gasteiger partial charge in [-0.1, -0.05) is 36.4 Å². The normalized spacial score (nSPS) is 14.0. The van der Waals surface area contributed by atoms with Gasteiger partial charge in [-0.2, -0.15) is 9.61 Å². The molecule has 5 rings (SSSR count). The van der Waals surface area contributed by atoms with Gasteiger partial charge in [-0.25, -0.2) is 14.8 Å². The molecule has 3 aromatic heterocycles. The number of nitrogens with one attached hydrogen (secondary N) is 2. The van der Waals surface area contributed by atoms with Crippen LogP contribution in [0.4, 0.5) is 16.4 Å². The van der Waals surface area contributed by atoms with Crippen LogP contribution in [0.2, 0.25) is 0 Å². The fourth-order valence-corrected chi connectivity index (χ4v) is 4.74. The number of aromatic nitrogens is 4. The lowest BCUT2D eigenvalue weighted by molar-refractivity contribution is 0.0868. The van der Waals surface area contributed by atoms with E-state index in [2.05, 4.69) is 31.7 Å². The van der Waals surface area contributed by atoms with E-state index in [0.29, 0.717) is 30.7 Å². The van der Waals surface area contributed by atoms with Gasteiger partial charge in [0.1, 0.15) is 31.7 Å². The molecule has 0 atom stereocenters. The molecule has 1 fully saturated rings. The Kier molecular flexibility index (Phi) is 8.80. The average Bonchev–Trinajstić information content (AvgIpc) is 3.36. The molecule has 0 unspecified atom stereocenters. The first kappa shape index (κ1) is 27.5. The minimum atomic E-state index is -0.277. The molecule has 4 aromatic rings. The minimum Gasteiger partial charge on any atom is -0.445 e. The maximum atomic E-state index is 12.6. The quantitative estimate of drug-likeness (QED) is 0.298. The van der Waals surface area contributed by atoms with Crippen molar-refractivity contribution in [2.45, 2.75) is 31.9 Å². The van der Waals surface area contributed by atoms with Gasteiger partial charge in [-0.15, -0.1) is 0 Å². The summed E-state index contributed by atoms with van der Waals surface area (Å²) < 4.78 is 7.26. The average molecular weight is 538 g/mol. The van der Waals surface area contributed by atoms with E-state index in [9.17, 15) is 4.79 Å². The van der Waals surface area contributed by atoms with Gasteiger partial charge in [0.25, 0.3) is 0 Å². The third-order valence-corrected chi connectivity index (χ3v) is 7.06. The molecule has 0 saturated carbocycles. The van der Waals surface area contributed by atoms with E-state index in [4.69, 9.17) is 17.6 Å². The topological polar surface area (TPSA) is 99.9 Å². The molecular formula is C29H35BN8O2. The summed E-state index contributed by atoms with van der Waals surface area (Å²) in [5, 5.41) is 11.2. The molecule has 2 N–H and O–H groups in total. The van der Waals surface area contributed by atoms with E-state index in [1.165, 1.54) is 0 Å². The molecule has 1 amide bonds. The van der Waals surface area contributed by atoms with Crippen molar-refractivity contribution >= 4 is 36.7 Å². The van der Waals surface area contributed by atoms with Gasteiger partial charge in [-0.05, 0) is 49.6 Å². The van der Waals surface area contributed by atoms with Crippen LogP contribution in [0.15, 0.2) is 60.9 Å². The number of carbonyl (C=O) groups is 1. The van der Waals surface area contributed by atoms with Gasteiger partial charge < -0.3 is 25.2 Å². The molecule has 1 saturated heterocycles. The van der Waals surface area contributed by atoms with Crippen LogP contribution >= 0.6 is 0 Å². The van der Waals surface area contributed by atoms with Crippen LogP contribution in [0.3, 0.4) is 0 Å². The van der Waals surface area contributed by atoms with Crippen LogP contribution < -0.4 is 16.1 Å². The highest BCUT2D eigenvalue weighted by molar-refractivity contribution is 6.36. The second-order valence-corrected chi connectivity index (χ2v) is 10.3. The smallest absolute Gasteiger partial charge is 0.410 e. The highest BCUT2D eigenvalue weighted by Crippen LogP contribution is 2.29. The van der Waals surface area contributed by atoms with Crippen molar-refractivity contribution in [3.8, 4) is 0 Å².